The monoisotopic (exact) mass is 278 g/mol. The molecule has 1 unspecified atom stereocenters. The van der Waals surface area contributed by atoms with Gasteiger partial charge < -0.3 is 0 Å². The highest BCUT2D eigenvalue weighted by atomic mass is 16.2. The molecule has 3 aromatic rings. The van der Waals surface area contributed by atoms with Crippen LogP contribution in [0.3, 0.4) is 0 Å². The maximum absolute atomic E-state index is 12.7. The quantitative estimate of drug-likeness (QED) is 0.468. The molecule has 104 valence electrons. The van der Waals surface area contributed by atoms with Gasteiger partial charge in [0.1, 0.15) is 0 Å². The molecule has 0 saturated carbocycles. The summed E-state index contributed by atoms with van der Waals surface area (Å²) in [6.45, 7) is 2.36. The number of nitrogens with zero attached hydrogens (tertiary/aromatic N) is 2. The van der Waals surface area contributed by atoms with Gasteiger partial charge >= 0.3 is 0 Å². The van der Waals surface area contributed by atoms with Crippen molar-refractivity contribution in [2.75, 3.05) is 0 Å². The third kappa shape index (κ3) is 1.62. The highest BCUT2D eigenvalue weighted by Crippen LogP contribution is 2.19. The zero-order valence-electron chi connectivity index (χ0n) is 11.6. The van der Waals surface area contributed by atoms with E-state index in [-0.39, 0.29) is 17.2 Å². The molecule has 4 rings (SSSR count). The van der Waals surface area contributed by atoms with E-state index in [0.717, 1.165) is 10.8 Å². The van der Waals surface area contributed by atoms with Gasteiger partial charge in [-0.25, -0.2) is 9.36 Å². The molecule has 1 aliphatic heterocycles. The summed E-state index contributed by atoms with van der Waals surface area (Å²) in [7, 11) is 0. The minimum atomic E-state index is -0.105. The van der Waals surface area contributed by atoms with Crippen molar-refractivity contribution in [3.05, 3.63) is 69.3 Å². The molecule has 2 heterocycles. The van der Waals surface area contributed by atoms with Crippen LogP contribution in [0.2, 0.25) is 0 Å². The van der Waals surface area contributed by atoms with E-state index in [4.69, 9.17) is 0 Å². The van der Waals surface area contributed by atoms with E-state index in [2.05, 4.69) is 0 Å². The first-order valence-corrected chi connectivity index (χ1v) is 7.01. The molecule has 0 amide bonds. The zero-order chi connectivity index (χ0) is 14.6. The smallest absolute Gasteiger partial charge is 0.267 e. The van der Waals surface area contributed by atoms with Crippen LogP contribution < -0.4 is 11.1 Å². The number of allylic oxidation sites excluding steroid dienone is 2. The molecule has 0 spiro atoms. The van der Waals surface area contributed by atoms with Crippen LogP contribution in [0.1, 0.15) is 13.0 Å². The van der Waals surface area contributed by atoms with Crippen molar-refractivity contribution >= 4 is 21.5 Å². The van der Waals surface area contributed by atoms with Gasteiger partial charge in [0.2, 0.25) is 0 Å². The molecular weight excluding hydrogens is 264 g/mol. The predicted molar refractivity (Wildman–Crippen MR) is 83.8 cm³/mol. The molecule has 4 nitrogen and oxygen atoms in total. The molecule has 1 atom stereocenters. The number of benzene rings is 2. The van der Waals surface area contributed by atoms with E-state index in [1.54, 1.807) is 4.68 Å². The average Bonchev–Trinajstić information content (AvgIpc) is 2.51. The fraction of sp³-hybridized carbons (Fsp3) is 0.176. The number of hydrogen-bond acceptors (Lipinski definition) is 2. The van der Waals surface area contributed by atoms with Gasteiger partial charge in [0.25, 0.3) is 11.1 Å². The highest BCUT2D eigenvalue weighted by Gasteiger charge is 2.18. The van der Waals surface area contributed by atoms with E-state index in [1.807, 2.05) is 55.5 Å². The fourth-order valence-electron chi connectivity index (χ4n) is 3.08. The van der Waals surface area contributed by atoms with Gasteiger partial charge in [-0.05, 0) is 29.8 Å². The predicted octanol–water partition coefficient (Wildman–Crippen LogP) is 2.45. The molecule has 1 aromatic heterocycles. The van der Waals surface area contributed by atoms with E-state index in [9.17, 15) is 9.59 Å². The lowest BCUT2D eigenvalue weighted by molar-refractivity contribution is 0.406. The highest BCUT2D eigenvalue weighted by molar-refractivity contribution is 5.97. The van der Waals surface area contributed by atoms with Crippen LogP contribution in [0.4, 0.5) is 0 Å². The molecule has 4 heteroatoms. The first-order chi connectivity index (χ1) is 10.2. The van der Waals surface area contributed by atoms with Crippen molar-refractivity contribution in [1.82, 2.24) is 9.36 Å². The summed E-state index contributed by atoms with van der Waals surface area (Å²) in [6.07, 6.45) is 3.88. The van der Waals surface area contributed by atoms with Crippen molar-refractivity contribution in [1.29, 1.82) is 0 Å². The SMILES string of the molecule is CC1C=CCn2c(=O)c3cc4ccccc4cc3c(=O)n21. The Balaban J connectivity index is 2.25. The van der Waals surface area contributed by atoms with Crippen LogP contribution in [-0.4, -0.2) is 9.36 Å². The summed E-state index contributed by atoms with van der Waals surface area (Å²) >= 11 is 0. The first kappa shape index (κ1) is 12.1. The summed E-state index contributed by atoms with van der Waals surface area (Å²) in [6, 6.07) is 11.3. The minimum Gasteiger partial charge on any atom is -0.267 e. The Kier molecular flexibility index (Phi) is 2.42. The molecule has 0 aliphatic carbocycles. The molecular formula is C17H14N2O2. The number of hydrogen-bond donors (Lipinski definition) is 0. The maximum Gasteiger partial charge on any atom is 0.273 e. The molecule has 0 fully saturated rings. The van der Waals surface area contributed by atoms with Crippen LogP contribution in [0.5, 0.6) is 0 Å². The molecule has 0 bridgehead atoms. The second-order valence-corrected chi connectivity index (χ2v) is 5.45. The maximum atomic E-state index is 12.7. The van der Waals surface area contributed by atoms with Crippen LogP contribution in [0.15, 0.2) is 58.1 Å². The number of aromatic nitrogens is 2. The van der Waals surface area contributed by atoms with Gasteiger partial charge in [0, 0.05) is 0 Å². The average molecular weight is 278 g/mol. The second-order valence-electron chi connectivity index (χ2n) is 5.45. The Labute approximate surface area is 120 Å². The Morgan fingerprint density at radius 1 is 1.00 bits per heavy atom. The number of fused-ring (bicyclic) bond motifs is 3. The van der Waals surface area contributed by atoms with Crippen LogP contribution in [0, 0.1) is 0 Å². The van der Waals surface area contributed by atoms with Gasteiger partial charge in [-0.3, -0.25) is 9.59 Å². The molecule has 21 heavy (non-hydrogen) atoms. The lowest BCUT2D eigenvalue weighted by atomic mass is 10.1. The largest absolute Gasteiger partial charge is 0.273 e. The summed E-state index contributed by atoms with van der Waals surface area (Å²) in [4.78, 5) is 25.4. The summed E-state index contributed by atoms with van der Waals surface area (Å²) in [5.41, 5.74) is -0.209. The summed E-state index contributed by atoms with van der Waals surface area (Å²) in [5.74, 6) is 0. The normalized spacial score (nSPS) is 17.3. The zero-order valence-corrected chi connectivity index (χ0v) is 11.6. The van der Waals surface area contributed by atoms with Crippen molar-refractivity contribution in [2.24, 2.45) is 0 Å². The number of rotatable bonds is 0. The summed E-state index contributed by atoms with van der Waals surface area (Å²) < 4.78 is 3.09. The molecule has 0 radical (unpaired) electrons. The van der Waals surface area contributed by atoms with E-state index in [0.29, 0.717) is 17.3 Å². The first-order valence-electron chi connectivity index (χ1n) is 7.01. The topological polar surface area (TPSA) is 44.0 Å². The fourth-order valence-corrected chi connectivity index (χ4v) is 3.08. The minimum absolute atomic E-state index is 0.102. The van der Waals surface area contributed by atoms with Crippen molar-refractivity contribution in [2.45, 2.75) is 19.5 Å². The van der Waals surface area contributed by atoms with Crippen LogP contribution >= 0.6 is 0 Å². The van der Waals surface area contributed by atoms with Crippen LogP contribution in [0.25, 0.3) is 21.5 Å². The van der Waals surface area contributed by atoms with Gasteiger partial charge in [0.15, 0.2) is 0 Å². The van der Waals surface area contributed by atoms with Crippen molar-refractivity contribution in [3.63, 3.8) is 0 Å². The van der Waals surface area contributed by atoms with Gasteiger partial charge in [-0.15, -0.1) is 0 Å². The third-order valence-corrected chi connectivity index (χ3v) is 4.13. The van der Waals surface area contributed by atoms with Gasteiger partial charge in [-0.2, -0.15) is 0 Å². The summed E-state index contributed by atoms with van der Waals surface area (Å²) in [5, 5.41) is 2.95. The van der Waals surface area contributed by atoms with Gasteiger partial charge in [0.05, 0.1) is 23.4 Å². The Bertz CT molecular complexity index is 1020. The van der Waals surface area contributed by atoms with E-state index < -0.39 is 0 Å². The Morgan fingerprint density at radius 2 is 1.62 bits per heavy atom. The van der Waals surface area contributed by atoms with Crippen LogP contribution in [-0.2, 0) is 6.54 Å². The van der Waals surface area contributed by atoms with E-state index >= 15 is 0 Å². The second kappa shape index (κ2) is 4.19. The molecule has 1 aliphatic rings. The van der Waals surface area contributed by atoms with Crippen molar-refractivity contribution < 1.29 is 0 Å². The standard InChI is InChI=1S/C17H14N2O2/c1-11-5-4-8-18-16(20)14-9-12-6-2-3-7-13(12)10-15(14)17(21)19(11)18/h2-7,9-11H,8H2,1H3. The Hall–Kier alpha value is -2.62. The lowest BCUT2D eigenvalue weighted by Gasteiger charge is -2.22. The third-order valence-electron chi connectivity index (χ3n) is 4.13. The molecule has 0 saturated heterocycles. The molecule has 2 aromatic carbocycles. The molecule has 0 N–H and O–H groups in total. The van der Waals surface area contributed by atoms with E-state index in [1.165, 1.54) is 4.68 Å². The lowest BCUT2D eigenvalue weighted by Crippen LogP contribution is -2.41. The Morgan fingerprint density at radius 3 is 2.29 bits per heavy atom. The van der Waals surface area contributed by atoms with Gasteiger partial charge in [-0.1, -0.05) is 36.4 Å². The van der Waals surface area contributed by atoms with Crippen molar-refractivity contribution in [3.8, 4) is 0 Å².